The van der Waals surface area contributed by atoms with E-state index in [0.29, 0.717) is 5.02 Å². The van der Waals surface area contributed by atoms with Crippen molar-refractivity contribution in [3.8, 4) is 0 Å². The molecule has 6 nitrogen and oxygen atoms in total. The van der Waals surface area contributed by atoms with Gasteiger partial charge in [-0.05, 0) is 49.8 Å². The highest BCUT2D eigenvalue weighted by atomic mass is 35.5. The predicted molar refractivity (Wildman–Crippen MR) is 97.1 cm³/mol. The summed E-state index contributed by atoms with van der Waals surface area (Å²) < 4.78 is 0. The van der Waals surface area contributed by atoms with Gasteiger partial charge in [0.25, 0.3) is 5.69 Å². The number of nitrogens with zero attached hydrogens (tertiary/aromatic N) is 4. The van der Waals surface area contributed by atoms with Crippen molar-refractivity contribution in [2.24, 2.45) is 10.3 Å². The first kappa shape index (κ1) is 17.1. The van der Waals surface area contributed by atoms with E-state index in [4.69, 9.17) is 11.6 Å². The molecule has 7 heteroatoms. The Balaban J connectivity index is 1.98. The fraction of sp³-hybridized carbons (Fsp3) is 0.222. The van der Waals surface area contributed by atoms with Gasteiger partial charge in [-0.3, -0.25) is 15.1 Å². The molecule has 128 valence electrons. The number of nitro benzene ring substituents is 1. The van der Waals surface area contributed by atoms with Crippen LogP contribution in [0.4, 0.5) is 5.69 Å². The molecule has 25 heavy (non-hydrogen) atoms. The lowest BCUT2D eigenvalue weighted by molar-refractivity contribution is -0.384. The molecule has 0 saturated carbocycles. The molecule has 0 spiro atoms. The molecule has 3 rings (SSSR count). The molecule has 0 radical (unpaired) electrons. The first-order chi connectivity index (χ1) is 12.0. The van der Waals surface area contributed by atoms with Crippen LogP contribution in [-0.4, -0.2) is 16.0 Å². The summed E-state index contributed by atoms with van der Waals surface area (Å²) in [5.74, 6) is 0. The zero-order valence-electron chi connectivity index (χ0n) is 13.8. The van der Waals surface area contributed by atoms with Crippen molar-refractivity contribution < 1.29 is 4.92 Å². The van der Waals surface area contributed by atoms with Gasteiger partial charge >= 0.3 is 0 Å². The summed E-state index contributed by atoms with van der Waals surface area (Å²) in [6.07, 6.45) is 2.01. The Morgan fingerprint density at radius 2 is 1.76 bits per heavy atom. The fourth-order valence-electron chi connectivity index (χ4n) is 2.66. The van der Waals surface area contributed by atoms with Crippen LogP contribution in [0.1, 0.15) is 31.0 Å². The molecular weight excluding hydrogens is 340 g/mol. The maximum atomic E-state index is 10.9. The molecule has 1 aliphatic heterocycles. The van der Waals surface area contributed by atoms with Crippen LogP contribution in [0.5, 0.6) is 0 Å². The van der Waals surface area contributed by atoms with Crippen LogP contribution in [-0.2, 0) is 0 Å². The van der Waals surface area contributed by atoms with E-state index < -0.39 is 4.92 Å². The largest absolute Gasteiger partial charge is 0.269 e. The highest BCUT2D eigenvalue weighted by Gasteiger charge is 2.25. The smallest absolute Gasteiger partial charge is 0.265 e. The molecule has 0 bridgehead atoms. The summed E-state index contributed by atoms with van der Waals surface area (Å²) in [6, 6.07) is 13.9. The number of non-ortho nitro benzene ring substituents is 1. The van der Waals surface area contributed by atoms with Gasteiger partial charge in [0.15, 0.2) is 0 Å². The Morgan fingerprint density at radius 3 is 2.32 bits per heavy atom. The van der Waals surface area contributed by atoms with Gasteiger partial charge in [0.1, 0.15) is 0 Å². The minimum atomic E-state index is -0.403. The van der Waals surface area contributed by atoms with Gasteiger partial charge in [-0.25, -0.2) is 0 Å². The molecule has 1 unspecified atom stereocenters. The van der Waals surface area contributed by atoms with Crippen LogP contribution in [0.2, 0.25) is 5.02 Å². The molecule has 0 N–H and O–H groups in total. The fourth-order valence-corrected chi connectivity index (χ4v) is 2.78. The van der Waals surface area contributed by atoms with Gasteiger partial charge in [-0.1, -0.05) is 29.0 Å². The average Bonchev–Trinajstić information content (AvgIpc) is 2.62. The SMILES string of the molecule is CC(C)N1N=NC(c2ccc(Cl)cc2)=CC1c1ccc([N+](=O)[O-])cc1. The number of rotatable bonds is 4. The molecule has 0 aliphatic carbocycles. The van der Waals surface area contributed by atoms with Crippen molar-refractivity contribution in [2.45, 2.75) is 25.9 Å². The van der Waals surface area contributed by atoms with E-state index in [-0.39, 0.29) is 17.8 Å². The van der Waals surface area contributed by atoms with Crippen LogP contribution in [0.25, 0.3) is 5.70 Å². The minimum absolute atomic E-state index is 0.0687. The van der Waals surface area contributed by atoms with Crippen molar-refractivity contribution >= 4 is 23.0 Å². The minimum Gasteiger partial charge on any atom is -0.265 e. The van der Waals surface area contributed by atoms with Gasteiger partial charge in [-0.2, -0.15) is 0 Å². The summed E-state index contributed by atoms with van der Waals surface area (Å²) in [4.78, 5) is 10.5. The molecule has 1 heterocycles. The van der Waals surface area contributed by atoms with Crippen LogP contribution >= 0.6 is 11.6 Å². The molecule has 2 aromatic carbocycles. The second-order valence-electron chi connectivity index (χ2n) is 6.02. The Morgan fingerprint density at radius 1 is 1.12 bits per heavy atom. The maximum Gasteiger partial charge on any atom is 0.269 e. The van der Waals surface area contributed by atoms with Gasteiger partial charge < -0.3 is 0 Å². The lowest BCUT2D eigenvalue weighted by Crippen LogP contribution is -2.30. The first-order valence-electron chi connectivity index (χ1n) is 7.88. The second kappa shape index (κ2) is 7.03. The van der Waals surface area contributed by atoms with E-state index in [1.807, 2.05) is 49.2 Å². The Hall–Kier alpha value is -2.73. The van der Waals surface area contributed by atoms with E-state index in [9.17, 15) is 10.1 Å². The van der Waals surface area contributed by atoms with E-state index in [1.54, 1.807) is 12.1 Å². The summed E-state index contributed by atoms with van der Waals surface area (Å²) in [7, 11) is 0. The molecule has 0 fully saturated rings. The molecule has 1 atom stereocenters. The second-order valence-corrected chi connectivity index (χ2v) is 6.45. The summed E-state index contributed by atoms with van der Waals surface area (Å²) >= 11 is 5.94. The van der Waals surface area contributed by atoms with Gasteiger partial charge in [-0.15, -0.1) is 5.11 Å². The quantitative estimate of drug-likeness (QED) is 0.542. The summed E-state index contributed by atoms with van der Waals surface area (Å²) in [6.45, 7) is 4.05. The van der Waals surface area contributed by atoms with Crippen LogP contribution < -0.4 is 0 Å². The number of hydrogen-bond acceptors (Lipinski definition) is 5. The molecule has 0 aromatic heterocycles. The van der Waals surface area contributed by atoms with E-state index in [1.165, 1.54) is 12.1 Å². The van der Waals surface area contributed by atoms with Crippen LogP contribution in [0.3, 0.4) is 0 Å². The lowest BCUT2D eigenvalue weighted by Gasteiger charge is -2.32. The van der Waals surface area contributed by atoms with E-state index in [0.717, 1.165) is 16.8 Å². The number of halogens is 1. The highest BCUT2D eigenvalue weighted by molar-refractivity contribution is 6.30. The third-order valence-corrected chi connectivity index (χ3v) is 4.22. The number of hydrogen-bond donors (Lipinski definition) is 0. The maximum absolute atomic E-state index is 10.9. The lowest BCUT2D eigenvalue weighted by atomic mass is 10.0. The molecule has 0 amide bonds. The van der Waals surface area contributed by atoms with Crippen molar-refractivity contribution in [2.75, 3.05) is 0 Å². The standard InChI is InChI=1S/C18H17ClN4O2/c1-12(2)22-18(14-5-9-16(10-6-14)23(24)25)11-17(20-21-22)13-3-7-15(19)8-4-13/h3-12,18H,1-2H3. The molecule has 0 saturated heterocycles. The Kier molecular flexibility index (Phi) is 4.81. The highest BCUT2D eigenvalue weighted by Crippen LogP contribution is 2.34. The van der Waals surface area contributed by atoms with Crippen molar-refractivity contribution in [1.82, 2.24) is 5.01 Å². The number of benzene rings is 2. The van der Waals surface area contributed by atoms with Gasteiger partial charge in [0.05, 0.1) is 16.7 Å². The Labute approximate surface area is 150 Å². The Bertz CT molecular complexity index is 829. The molecular formula is C18H17ClN4O2. The number of nitro groups is 1. The van der Waals surface area contributed by atoms with Gasteiger partial charge in [0, 0.05) is 28.8 Å². The van der Waals surface area contributed by atoms with E-state index in [2.05, 4.69) is 10.3 Å². The monoisotopic (exact) mass is 356 g/mol. The first-order valence-corrected chi connectivity index (χ1v) is 8.25. The third kappa shape index (κ3) is 3.69. The summed E-state index contributed by atoms with van der Waals surface area (Å²) in [5.41, 5.74) is 2.66. The van der Waals surface area contributed by atoms with Crippen molar-refractivity contribution in [3.63, 3.8) is 0 Å². The summed E-state index contributed by atoms with van der Waals surface area (Å²) in [5, 5.41) is 22.1. The zero-order chi connectivity index (χ0) is 18.0. The van der Waals surface area contributed by atoms with Gasteiger partial charge in [0.2, 0.25) is 0 Å². The zero-order valence-corrected chi connectivity index (χ0v) is 14.6. The molecule has 2 aromatic rings. The van der Waals surface area contributed by atoms with Crippen molar-refractivity contribution in [3.05, 3.63) is 80.9 Å². The average molecular weight is 357 g/mol. The van der Waals surface area contributed by atoms with E-state index >= 15 is 0 Å². The van der Waals surface area contributed by atoms with Crippen LogP contribution in [0, 0.1) is 10.1 Å². The topological polar surface area (TPSA) is 71.1 Å². The van der Waals surface area contributed by atoms with Crippen LogP contribution in [0.15, 0.2) is 64.9 Å². The predicted octanol–water partition coefficient (Wildman–Crippen LogP) is 5.42. The third-order valence-electron chi connectivity index (χ3n) is 3.97. The normalized spacial score (nSPS) is 16.9. The molecule has 1 aliphatic rings. The van der Waals surface area contributed by atoms with Crippen molar-refractivity contribution in [1.29, 1.82) is 0 Å².